The zero-order valence-corrected chi connectivity index (χ0v) is 21.0. The molecule has 198 valence electrons. The van der Waals surface area contributed by atoms with Crippen molar-refractivity contribution < 1.29 is 19.4 Å². The monoisotopic (exact) mass is 520 g/mol. The van der Waals surface area contributed by atoms with Crippen LogP contribution in [-0.2, 0) is 4.79 Å². The lowest BCUT2D eigenvalue weighted by molar-refractivity contribution is -0.134. The first-order chi connectivity index (χ1) is 18.2. The summed E-state index contributed by atoms with van der Waals surface area (Å²) in [5.41, 5.74) is 7.16. The van der Waals surface area contributed by atoms with Crippen LogP contribution in [0.5, 0.6) is 11.5 Å². The highest BCUT2D eigenvalue weighted by Gasteiger charge is 2.22. The quantitative estimate of drug-likeness (QED) is 0.161. The van der Waals surface area contributed by atoms with Gasteiger partial charge in [0.1, 0.15) is 23.4 Å². The number of amidine groups is 1. The molecular weight excluding hydrogens is 492 g/mol. The standard InChI is InChI=1S/C23H24N8O3.C2H4O2/c1-3-34-18-12-15(11-17(13-18)33-2)19(28-16-7-5-14(6-8-16)20(24)25)21-29-23(32)31(30-21)22-26-9-4-10-27-22;1-2(3)4/h4-13,19,28H,3H2,1-2H3,(H3,24,25)(H,29,30,32);1H3,(H,3,4). The molecule has 0 bridgehead atoms. The van der Waals surface area contributed by atoms with Crippen LogP contribution in [0.1, 0.15) is 36.8 Å². The van der Waals surface area contributed by atoms with Crippen LogP contribution in [0.25, 0.3) is 5.95 Å². The molecule has 13 nitrogen and oxygen atoms in total. The molecule has 0 radical (unpaired) electrons. The number of carboxylic acid groups (broad SMARTS) is 1. The van der Waals surface area contributed by atoms with Crippen LogP contribution < -0.4 is 26.2 Å². The predicted octanol–water partition coefficient (Wildman–Crippen LogP) is 2.33. The number of hydrogen-bond donors (Lipinski definition) is 5. The topological polar surface area (TPSA) is 194 Å². The highest BCUT2D eigenvalue weighted by atomic mass is 16.5. The maximum atomic E-state index is 12.7. The number of nitrogens with two attached hydrogens (primary N) is 1. The molecule has 0 spiro atoms. The van der Waals surface area contributed by atoms with Crippen LogP contribution >= 0.6 is 0 Å². The lowest BCUT2D eigenvalue weighted by Crippen LogP contribution is -2.18. The van der Waals surface area contributed by atoms with E-state index in [2.05, 4.69) is 25.4 Å². The Morgan fingerprint density at radius 2 is 1.82 bits per heavy atom. The maximum Gasteiger partial charge on any atom is 0.350 e. The van der Waals surface area contributed by atoms with E-state index in [0.717, 1.165) is 22.9 Å². The zero-order chi connectivity index (χ0) is 27.7. The average molecular weight is 521 g/mol. The van der Waals surface area contributed by atoms with Crippen molar-refractivity contribution in [3.8, 4) is 17.4 Å². The highest BCUT2D eigenvalue weighted by molar-refractivity contribution is 5.95. The number of aromatic nitrogens is 5. The molecular formula is C25H28N8O5. The number of nitrogen functional groups attached to an aromatic ring is 1. The SMILES string of the molecule is CC(=O)O.CCOc1cc(OC)cc(C(Nc2ccc(C(=N)N)cc2)c2nn(-c3ncccn3)c(=O)[nH]2)c1. The van der Waals surface area contributed by atoms with Gasteiger partial charge in [-0.25, -0.2) is 14.8 Å². The molecule has 1 unspecified atom stereocenters. The molecule has 4 aromatic rings. The summed E-state index contributed by atoms with van der Waals surface area (Å²) in [6, 6.07) is 13.6. The minimum absolute atomic E-state index is 0.0248. The second kappa shape index (κ2) is 12.7. The molecule has 38 heavy (non-hydrogen) atoms. The van der Waals surface area contributed by atoms with Gasteiger partial charge < -0.3 is 25.6 Å². The number of carboxylic acids is 1. The molecule has 0 aliphatic rings. The van der Waals surface area contributed by atoms with Gasteiger partial charge in [0.05, 0.1) is 13.7 Å². The van der Waals surface area contributed by atoms with Crippen LogP contribution in [0.4, 0.5) is 5.69 Å². The highest BCUT2D eigenvalue weighted by Crippen LogP contribution is 2.31. The van der Waals surface area contributed by atoms with Crippen molar-refractivity contribution >= 4 is 17.5 Å². The number of nitrogens with one attached hydrogen (secondary N) is 3. The molecule has 4 rings (SSSR count). The van der Waals surface area contributed by atoms with Gasteiger partial charge in [-0.05, 0) is 55.0 Å². The number of rotatable bonds is 9. The minimum Gasteiger partial charge on any atom is -0.497 e. The Morgan fingerprint density at radius 3 is 2.39 bits per heavy atom. The molecule has 0 saturated heterocycles. The lowest BCUT2D eigenvalue weighted by Gasteiger charge is -2.20. The van der Waals surface area contributed by atoms with Crippen molar-refractivity contribution in [1.29, 1.82) is 5.41 Å². The van der Waals surface area contributed by atoms with Gasteiger partial charge in [-0.15, -0.1) is 9.78 Å². The third kappa shape index (κ3) is 7.16. The third-order valence-electron chi connectivity index (χ3n) is 4.94. The van der Waals surface area contributed by atoms with Crippen molar-refractivity contribution in [3.05, 3.63) is 88.4 Å². The molecule has 2 heterocycles. The smallest absolute Gasteiger partial charge is 0.350 e. The summed E-state index contributed by atoms with van der Waals surface area (Å²) in [4.78, 5) is 32.7. The van der Waals surface area contributed by atoms with Gasteiger partial charge in [0.15, 0.2) is 5.82 Å². The normalized spacial score (nSPS) is 11.0. The summed E-state index contributed by atoms with van der Waals surface area (Å²) >= 11 is 0. The second-order valence-electron chi connectivity index (χ2n) is 7.74. The number of ether oxygens (including phenoxy) is 2. The molecule has 6 N–H and O–H groups in total. The number of nitrogens with zero attached hydrogens (tertiary/aromatic N) is 4. The Hall–Kier alpha value is -5.20. The number of aromatic amines is 1. The van der Waals surface area contributed by atoms with E-state index >= 15 is 0 Å². The number of aliphatic carboxylic acids is 1. The van der Waals surface area contributed by atoms with Crippen molar-refractivity contribution in [2.45, 2.75) is 19.9 Å². The third-order valence-corrected chi connectivity index (χ3v) is 4.94. The lowest BCUT2D eigenvalue weighted by atomic mass is 10.0. The maximum absolute atomic E-state index is 12.7. The van der Waals surface area contributed by atoms with Crippen LogP contribution in [0, 0.1) is 5.41 Å². The first-order valence-electron chi connectivity index (χ1n) is 11.4. The number of benzene rings is 2. The molecule has 0 aliphatic carbocycles. The first kappa shape index (κ1) is 27.4. The van der Waals surface area contributed by atoms with Crippen molar-refractivity contribution in [2.24, 2.45) is 5.73 Å². The Labute approximate surface area is 217 Å². The number of carbonyl (C=O) groups is 1. The molecule has 2 aromatic carbocycles. The summed E-state index contributed by atoms with van der Waals surface area (Å²) in [5.74, 6) is 0.837. The fourth-order valence-corrected chi connectivity index (χ4v) is 3.36. The molecule has 0 saturated carbocycles. The second-order valence-corrected chi connectivity index (χ2v) is 7.74. The zero-order valence-electron chi connectivity index (χ0n) is 21.0. The van der Waals surface area contributed by atoms with Gasteiger partial charge in [-0.2, -0.15) is 0 Å². The Bertz CT molecular complexity index is 1430. The van der Waals surface area contributed by atoms with E-state index in [-0.39, 0.29) is 11.8 Å². The average Bonchev–Trinajstić information content (AvgIpc) is 3.28. The molecule has 0 fully saturated rings. The van der Waals surface area contributed by atoms with Gasteiger partial charge in [-0.1, -0.05) is 0 Å². The van der Waals surface area contributed by atoms with Crippen molar-refractivity contribution in [1.82, 2.24) is 24.7 Å². The van der Waals surface area contributed by atoms with Crippen LogP contribution in [0.3, 0.4) is 0 Å². The minimum atomic E-state index is -0.833. The van der Waals surface area contributed by atoms with Crippen LogP contribution in [0.2, 0.25) is 0 Å². The van der Waals surface area contributed by atoms with Crippen LogP contribution in [0.15, 0.2) is 65.7 Å². The molecule has 0 aliphatic heterocycles. The van der Waals surface area contributed by atoms with E-state index in [1.54, 1.807) is 43.5 Å². The number of H-pyrrole nitrogens is 1. The van der Waals surface area contributed by atoms with E-state index in [1.807, 2.05) is 19.1 Å². The van der Waals surface area contributed by atoms with Gasteiger partial charge in [0.25, 0.3) is 11.9 Å². The largest absolute Gasteiger partial charge is 0.497 e. The molecule has 1 atom stereocenters. The number of methoxy groups -OCH3 is 1. The van der Waals surface area contributed by atoms with Crippen molar-refractivity contribution in [2.75, 3.05) is 19.0 Å². The summed E-state index contributed by atoms with van der Waals surface area (Å²) < 4.78 is 12.3. The summed E-state index contributed by atoms with van der Waals surface area (Å²) in [5, 5.41) is 22.9. The Balaban J connectivity index is 0.000000934. The summed E-state index contributed by atoms with van der Waals surface area (Å²) in [6.45, 7) is 3.46. The molecule has 13 heteroatoms. The Morgan fingerprint density at radius 1 is 1.18 bits per heavy atom. The fraction of sp³-hybridized carbons (Fsp3) is 0.200. The van der Waals surface area contributed by atoms with Gasteiger partial charge in [0.2, 0.25) is 0 Å². The van der Waals surface area contributed by atoms with Crippen molar-refractivity contribution in [3.63, 3.8) is 0 Å². The van der Waals surface area contributed by atoms with E-state index in [9.17, 15) is 4.79 Å². The van der Waals surface area contributed by atoms with Gasteiger partial charge in [0, 0.05) is 36.6 Å². The molecule has 2 aromatic heterocycles. The van der Waals surface area contributed by atoms with E-state index in [4.69, 9.17) is 30.5 Å². The number of anilines is 1. The van der Waals surface area contributed by atoms with Crippen LogP contribution in [-0.4, -0.2) is 55.4 Å². The van der Waals surface area contributed by atoms with E-state index in [0.29, 0.717) is 29.5 Å². The first-order valence-corrected chi connectivity index (χ1v) is 11.4. The summed E-state index contributed by atoms with van der Waals surface area (Å²) in [7, 11) is 1.57. The van der Waals surface area contributed by atoms with E-state index < -0.39 is 17.7 Å². The molecule has 0 amide bonds. The van der Waals surface area contributed by atoms with E-state index in [1.165, 1.54) is 12.4 Å². The van der Waals surface area contributed by atoms with Gasteiger partial charge >= 0.3 is 5.69 Å². The van der Waals surface area contributed by atoms with Gasteiger partial charge in [-0.3, -0.25) is 15.2 Å². The summed E-state index contributed by atoms with van der Waals surface area (Å²) in [6.07, 6.45) is 3.07. The predicted molar refractivity (Wildman–Crippen MR) is 140 cm³/mol. The Kier molecular flexibility index (Phi) is 9.13. The number of hydrogen-bond acceptors (Lipinski definition) is 9. The fourth-order valence-electron chi connectivity index (χ4n) is 3.36.